The van der Waals surface area contributed by atoms with Gasteiger partial charge in [-0.2, -0.15) is 0 Å². The highest BCUT2D eigenvalue weighted by Crippen LogP contribution is 2.32. The Bertz CT molecular complexity index is 1610. The number of hydrogen-bond donors (Lipinski definition) is 1. The van der Waals surface area contributed by atoms with E-state index in [9.17, 15) is 4.79 Å². The molecule has 3 aromatic heterocycles. The maximum atomic E-state index is 11.7. The van der Waals surface area contributed by atoms with E-state index in [0.717, 1.165) is 59.7 Å². The number of esters is 1. The number of likely N-dealkylation sites (tertiary alicyclic amines) is 1. The Morgan fingerprint density at radius 1 is 1.00 bits per heavy atom. The Morgan fingerprint density at radius 2 is 1.82 bits per heavy atom. The Morgan fingerprint density at radius 3 is 2.59 bits per heavy atom. The smallest absolute Gasteiger partial charge is 0.305 e. The molecule has 39 heavy (non-hydrogen) atoms. The fraction of sp³-hybridized carbons (Fsp3) is 0.226. The van der Waals surface area contributed by atoms with Crippen LogP contribution in [0.5, 0.6) is 0 Å². The lowest BCUT2D eigenvalue weighted by atomic mass is 10.1. The van der Waals surface area contributed by atoms with Gasteiger partial charge in [0, 0.05) is 37.0 Å². The van der Waals surface area contributed by atoms with Gasteiger partial charge in [-0.25, -0.2) is 15.0 Å². The van der Waals surface area contributed by atoms with E-state index in [2.05, 4.69) is 50.8 Å². The Labute approximate surface area is 227 Å². The molecule has 1 aliphatic heterocycles. The maximum absolute atomic E-state index is 11.7. The third kappa shape index (κ3) is 5.11. The van der Waals surface area contributed by atoms with Crippen molar-refractivity contribution in [3.05, 3.63) is 90.6 Å². The Kier molecular flexibility index (Phi) is 6.77. The van der Waals surface area contributed by atoms with Crippen molar-refractivity contribution < 1.29 is 9.53 Å². The number of carbonyl (C=O) groups excluding carboxylic acids is 1. The molecule has 6 rings (SSSR count). The van der Waals surface area contributed by atoms with Crippen LogP contribution in [0.15, 0.2) is 85.1 Å². The normalized spacial score (nSPS) is 15.6. The highest BCUT2D eigenvalue weighted by atomic mass is 16.5. The molecule has 0 radical (unpaired) electrons. The van der Waals surface area contributed by atoms with Crippen LogP contribution < -0.4 is 5.73 Å². The van der Waals surface area contributed by atoms with Gasteiger partial charge in [0.15, 0.2) is 11.5 Å². The van der Waals surface area contributed by atoms with Crippen LogP contribution >= 0.6 is 0 Å². The van der Waals surface area contributed by atoms with Crippen LogP contribution in [0.2, 0.25) is 0 Å². The lowest BCUT2D eigenvalue weighted by Crippen LogP contribution is -2.21. The summed E-state index contributed by atoms with van der Waals surface area (Å²) in [6, 6.07) is 26.4. The van der Waals surface area contributed by atoms with E-state index in [4.69, 9.17) is 20.4 Å². The SMILES string of the molecule is COC(=O)CC1CCN(Cc2ccc(-n3c(-c4cccnc4N)nc4ccc(-c5ccccc5)nc43)cc2)C1. The quantitative estimate of drug-likeness (QED) is 0.299. The molecule has 1 fully saturated rings. The van der Waals surface area contributed by atoms with Crippen molar-refractivity contribution in [2.75, 3.05) is 25.9 Å². The summed E-state index contributed by atoms with van der Waals surface area (Å²) in [6.07, 6.45) is 3.18. The van der Waals surface area contributed by atoms with Crippen molar-refractivity contribution in [3.63, 3.8) is 0 Å². The van der Waals surface area contributed by atoms with E-state index in [-0.39, 0.29) is 5.97 Å². The molecule has 0 amide bonds. The summed E-state index contributed by atoms with van der Waals surface area (Å²) in [7, 11) is 1.45. The van der Waals surface area contributed by atoms with Gasteiger partial charge in [-0.1, -0.05) is 42.5 Å². The number of hydrogen-bond acceptors (Lipinski definition) is 7. The molecule has 1 unspecified atom stereocenters. The number of benzene rings is 2. The number of fused-ring (bicyclic) bond motifs is 1. The zero-order valence-corrected chi connectivity index (χ0v) is 21.8. The van der Waals surface area contributed by atoms with Crippen molar-refractivity contribution in [2.45, 2.75) is 19.4 Å². The lowest BCUT2D eigenvalue weighted by molar-refractivity contribution is -0.141. The van der Waals surface area contributed by atoms with Crippen LogP contribution in [0, 0.1) is 5.92 Å². The first kappa shape index (κ1) is 24.8. The first-order valence-electron chi connectivity index (χ1n) is 13.1. The van der Waals surface area contributed by atoms with Gasteiger partial charge in [0.05, 0.1) is 18.4 Å². The summed E-state index contributed by atoms with van der Waals surface area (Å²) >= 11 is 0. The number of carbonyl (C=O) groups is 1. The Balaban J connectivity index is 1.35. The molecule has 8 nitrogen and oxygen atoms in total. The topological polar surface area (TPSA) is 99.2 Å². The molecular weight excluding hydrogens is 488 g/mol. The van der Waals surface area contributed by atoms with Gasteiger partial charge >= 0.3 is 5.97 Å². The monoisotopic (exact) mass is 518 g/mol. The van der Waals surface area contributed by atoms with E-state index < -0.39 is 0 Å². The van der Waals surface area contributed by atoms with Crippen LogP contribution in [0.4, 0.5) is 5.82 Å². The molecule has 2 aromatic carbocycles. The number of rotatable bonds is 7. The zero-order chi connectivity index (χ0) is 26.8. The van der Waals surface area contributed by atoms with Gasteiger partial charge < -0.3 is 10.5 Å². The minimum atomic E-state index is -0.132. The molecule has 2 N–H and O–H groups in total. The second-order valence-electron chi connectivity index (χ2n) is 9.95. The number of aromatic nitrogens is 4. The van der Waals surface area contributed by atoms with Crippen molar-refractivity contribution in [1.82, 2.24) is 24.4 Å². The average molecular weight is 519 g/mol. The van der Waals surface area contributed by atoms with E-state index in [1.54, 1.807) is 6.20 Å². The molecule has 1 atom stereocenters. The van der Waals surface area contributed by atoms with Gasteiger partial charge in [0.1, 0.15) is 11.3 Å². The zero-order valence-electron chi connectivity index (χ0n) is 21.8. The van der Waals surface area contributed by atoms with Crippen molar-refractivity contribution in [1.29, 1.82) is 0 Å². The number of imidazole rings is 1. The fourth-order valence-electron chi connectivity index (χ4n) is 5.31. The summed E-state index contributed by atoms with van der Waals surface area (Å²) < 4.78 is 6.90. The minimum absolute atomic E-state index is 0.132. The first-order chi connectivity index (χ1) is 19.1. The number of nitrogens with two attached hydrogens (primary N) is 1. The van der Waals surface area contributed by atoms with Gasteiger partial charge in [0.2, 0.25) is 0 Å². The number of methoxy groups -OCH3 is 1. The second kappa shape index (κ2) is 10.7. The molecule has 196 valence electrons. The van der Waals surface area contributed by atoms with Crippen molar-refractivity contribution in [3.8, 4) is 28.3 Å². The standard InChI is InChI=1S/C31H30N6O2/c1-39-28(38)18-22-15-17-36(20-22)19-21-9-11-24(12-10-21)37-30(25-8-5-16-33-29(25)32)35-27-14-13-26(34-31(27)37)23-6-3-2-4-7-23/h2-14,16,22H,15,17-20H2,1H3,(H2,32,33). The predicted octanol–water partition coefficient (Wildman–Crippen LogP) is 5.12. The number of ether oxygens (including phenoxy) is 1. The summed E-state index contributed by atoms with van der Waals surface area (Å²) in [5, 5.41) is 0. The number of anilines is 1. The summed E-state index contributed by atoms with van der Waals surface area (Å²) in [6.45, 7) is 2.72. The predicted molar refractivity (Wildman–Crippen MR) is 152 cm³/mol. The number of pyridine rings is 2. The summed E-state index contributed by atoms with van der Waals surface area (Å²) in [5.41, 5.74) is 12.7. The van der Waals surface area contributed by atoms with Gasteiger partial charge in [-0.15, -0.1) is 0 Å². The third-order valence-corrected chi connectivity index (χ3v) is 7.31. The summed E-state index contributed by atoms with van der Waals surface area (Å²) in [4.78, 5) is 28.3. The van der Waals surface area contributed by atoms with Crippen LogP contribution in [0.3, 0.4) is 0 Å². The maximum Gasteiger partial charge on any atom is 0.305 e. The molecule has 1 aliphatic rings. The molecule has 0 spiro atoms. The van der Waals surface area contributed by atoms with Crippen LogP contribution in [-0.2, 0) is 16.1 Å². The molecule has 8 heteroatoms. The molecule has 0 bridgehead atoms. The summed E-state index contributed by atoms with van der Waals surface area (Å²) in [5.74, 6) is 1.34. The van der Waals surface area contributed by atoms with Crippen molar-refractivity contribution >= 4 is 23.0 Å². The molecule has 0 aliphatic carbocycles. The largest absolute Gasteiger partial charge is 0.469 e. The second-order valence-corrected chi connectivity index (χ2v) is 9.95. The number of nitrogen functional groups attached to an aromatic ring is 1. The molecule has 5 aromatic rings. The number of nitrogens with zero attached hydrogens (tertiary/aromatic N) is 5. The minimum Gasteiger partial charge on any atom is -0.469 e. The van der Waals surface area contributed by atoms with Crippen LogP contribution in [0.1, 0.15) is 18.4 Å². The van der Waals surface area contributed by atoms with Crippen molar-refractivity contribution in [2.24, 2.45) is 5.92 Å². The van der Waals surface area contributed by atoms with E-state index in [0.29, 0.717) is 24.0 Å². The average Bonchev–Trinajstić information content (AvgIpc) is 3.57. The van der Waals surface area contributed by atoms with Gasteiger partial charge in [0.25, 0.3) is 0 Å². The first-order valence-corrected chi connectivity index (χ1v) is 13.1. The Hall–Kier alpha value is -4.56. The van der Waals surface area contributed by atoms with Gasteiger partial charge in [-0.05, 0) is 60.8 Å². The van der Waals surface area contributed by atoms with Crippen LogP contribution in [0.25, 0.3) is 39.5 Å². The molecule has 1 saturated heterocycles. The highest BCUT2D eigenvalue weighted by Gasteiger charge is 2.25. The molecule has 0 saturated carbocycles. The van der Waals surface area contributed by atoms with Gasteiger partial charge in [-0.3, -0.25) is 14.3 Å². The van der Waals surface area contributed by atoms with E-state index in [1.807, 2.05) is 42.5 Å². The highest BCUT2D eigenvalue weighted by molar-refractivity contribution is 5.84. The van der Waals surface area contributed by atoms with Crippen LogP contribution in [-0.4, -0.2) is 50.6 Å². The molecule has 4 heterocycles. The third-order valence-electron chi connectivity index (χ3n) is 7.31. The lowest BCUT2D eigenvalue weighted by Gasteiger charge is -2.17. The van der Waals surface area contributed by atoms with E-state index >= 15 is 0 Å². The van der Waals surface area contributed by atoms with E-state index in [1.165, 1.54) is 12.7 Å². The fourth-order valence-corrected chi connectivity index (χ4v) is 5.31. The molecular formula is C31H30N6O2.